The van der Waals surface area contributed by atoms with Gasteiger partial charge in [0.2, 0.25) is 10.7 Å². The summed E-state index contributed by atoms with van der Waals surface area (Å²) in [5.41, 5.74) is 3.19. The van der Waals surface area contributed by atoms with Crippen LogP contribution in [0.15, 0.2) is 48.5 Å². The number of piperazine rings is 1. The Morgan fingerprint density at radius 1 is 1.18 bits per heavy atom. The zero-order chi connectivity index (χ0) is 23.1. The molecule has 5 rings (SSSR count). The van der Waals surface area contributed by atoms with Crippen molar-refractivity contribution in [1.29, 1.82) is 0 Å². The molecule has 170 valence electrons. The van der Waals surface area contributed by atoms with Gasteiger partial charge in [-0.1, -0.05) is 24.3 Å². The molecule has 2 aliphatic heterocycles. The highest BCUT2D eigenvalue weighted by Crippen LogP contribution is 2.29. The van der Waals surface area contributed by atoms with Crippen LogP contribution >= 0.6 is 12.2 Å². The predicted octanol–water partition coefficient (Wildman–Crippen LogP) is 4.03. The Balaban J connectivity index is 1.23. The molecule has 7 nitrogen and oxygen atoms in total. The fourth-order valence-corrected chi connectivity index (χ4v) is 5.15. The van der Waals surface area contributed by atoms with Crippen molar-refractivity contribution < 1.29 is 9.59 Å². The Morgan fingerprint density at radius 2 is 2.00 bits per heavy atom. The van der Waals surface area contributed by atoms with Gasteiger partial charge in [-0.2, -0.15) is 0 Å². The minimum Gasteiger partial charge on any atom is -0.365 e. The Morgan fingerprint density at radius 3 is 2.79 bits per heavy atom. The number of hydrogen-bond donors (Lipinski definition) is 1. The van der Waals surface area contributed by atoms with E-state index in [1.54, 1.807) is 0 Å². The van der Waals surface area contributed by atoms with E-state index >= 15 is 0 Å². The zero-order valence-corrected chi connectivity index (χ0v) is 19.6. The molecule has 8 heteroatoms. The van der Waals surface area contributed by atoms with Gasteiger partial charge < -0.3 is 15.1 Å². The Labute approximate surface area is 198 Å². The summed E-state index contributed by atoms with van der Waals surface area (Å²) in [5.74, 6) is 0.620. The Kier molecular flexibility index (Phi) is 5.62. The molecule has 1 fully saturated rings. The van der Waals surface area contributed by atoms with E-state index in [-0.39, 0.29) is 22.6 Å². The van der Waals surface area contributed by atoms with Crippen LogP contribution in [0.3, 0.4) is 0 Å². The second kappa shape index (κ2) is 8.59. The van der Waals surface area contributed by atoms with Gasteiger partial charge in [-0.05, 0) is 62.3 Å². The van der Waals surface area contributed by atoms with Crippen molar-refractivity contribution in [2.45, 2.75) is 38.8 Å². The molecule has 1 aromatic heterocycles. The van der Waals surface area contributed by atoms with E-state index in [4.69, 9.17) is 12.2 Å². The summed E-state index contributed by atoms with van der Waals surface area (Å²) >= 11 is 5.36. The van der Waals surface area contributed by atoms with E-state index in [2.05, 4.69) is 53.3 Å². The van der Waals surface area contributed by atoms with Crippen LogP contribution in [0.1, 0.15) is 30.1 Å². The van der Waals surface area contributed by atoms with E-state index in [1.165, 1.54) is 15.8 Å². The molecule has 0 saturated carbocycles. The van der Waals surface area contributed by atoms with E-state index < -0.39 is 6.04 Å². The lowest BCUT2D eigenvalue weighted by molar-refractivity contribution is -0.132. The lowest BCUT2D eigenvalue weighted by Gasteiger charge is -2.41. The second-order valence-corrected chi connectivity index (χ2v) is 9.26. The molecule has 0 unspecified atom stereocenters. The van der Waals surface area contributed by atoms with Crippen molar-refractivity contribution in [1.82, 2.24) is 14.5 Å². The van der Waals surface area contributed by atoms with Gasteiger partial charge in [-0.25, -0.2) is 9.55 Å². The number of carbonyl (C=O) groups excluding carboxylic acids is 2. The number of hydrogen-bond acceptors (Lipinski definition) is 6. The summed E-state index contributed by atoms with van der Waals surface area (Å²) in [5, 5.41) is 4.15. The fourth-order valence-electron chi connectivity index (χ4n) is 4.87. The normalized spacial score (nSPS) is 20.1. The smallest absolute Gasteiger partial charge is 0.257 e. The van der Waals surface area contributed by atoms with Crippen LogP contribution in [0, 0.1) is 11.7 Å². The van der Waals surface area contributed by atoms with Gasteiger partial charge in [0.15, 0.2) is 0 Å². The number of aromatic nitrogens is 2. The molecule has 1 N–H and O–H groups in total. The van der Waals surface area contributed by atoms with Crippen molar-refractivity contribution >= 4 is 46.4 Å². The lowest BCUT2D eigenvalue weighted by Crippen LogP contribution is -2.53. The summed E-state index contributed by atoms with van der Waals surface area (Å²) in [6, 6.07) is 15.8. The maximum atomic E-state index is 13.0. The summed E-state index contributed by atoms with van der Waals surface area (Å²) in [6.07, 6.45) is 0.738. The zero-order valence-electron chi connectivity index (χ0n) is 18.8. The number of aryl methyl sites for hydroxylation is 1. The maximum absolute atomic E-state index is 13.0. The third-order valence-corrected chi connectivity index (χ3v) is 6.85. The molecule has 0 aliphatic carbocycles. The van der Waals surface area contributed by atoms with E-state index in [9.17, 15) is 9.59 Å². The monoisotopic (exact) mass is 461 g/mol. The first kappa shape index (κ1) is 21.6. The number of carbonyl (C=O) groups is 2. The molecule has 0 bridgehead atoms. The molecule has 1 amide bonds. The molecule has 3 heterocycles. The topological polar surface area (TPSA) is 70.5 Å². The van der Waals surface area contributed by atoms with Gasteiger partial charge in [0.25, 0.3) is 5.91 Å². The first-order valence-corrected chi connectivity index (χ1v) is 11.8. The van der Waals surface area contributed by atoms with Crippen LogP contribution in [0.4, 0.5) is 11.5 Å². The Bertz CT molecular complexity index is 1300. The van der Waals surface area contributed by atoms with Crippen molar-refractivity contribution in [3.05, 3.63) is 58.9 Å². The van der Waals surface area contributed by atoms with Gasteiger partial charge in [0.05, 0.1) is 5.52 Å². The number of rotatable bonds is 4. The fraction of sp³-hybridized carbons (Fsp3) is 0.360. The van der Waals surface area contributed by atoms with E-state index in [0.717, 1.165) is 17.4 Å². The highest BCUT2D eigenvalue weighted by atomic mass is 32.1. The highest BCUT2D eigenvalue weighted by molar-refractivity contribution is 7.71. The molecule has 0 spiro atoms. The van der Waals surface area contributed by atoms with Crippen molar-refractivity contribution in [2.24, 2.45) is 0 Å². The van der Waals surface area contributed by atoms with E-state index in [0.29, 0.717) is 31.7 Å². The predicted molar refractivity (Wildman–Crippen MR) is 132 cm³/mol. The molecular formula is C25H27N5O2S. The average Bonchev–Trinajstić information content (AvgIpc) is 3.14. The number of benzene rings is 2. The molecule has 2 atom stereocenters. The average molecular weight is 462 g/mol. The van der Waals surface area contributed by atoms with Crippen LogP contribution in [0.5, 0.6) is 0 Å². The van der Waals surface area contributed by atoms with Crippen LogP contribution in [0.2, 0.25) is 0 Å². The van der Waals surface area contributed by atoms with Crippen molar-refractivity contribution in [3.63, 3.8) is 0 Å². The molecule has 0 radical (unpaired) electrons. The summed E-state index contributed by atoms with van der Waals surface area (Å²) < 4.78 is 1.71. The largest absolute Gasteiger partial charge is 0.365 e. The first-order chi connectivity index (χ1) is 15.9. The number of para-hydroxylation sites is 1. The minimum atomic E-state index is -0.478. The van der Waals surface area contributed by atoms with Gasteiger partial charge in [0, 0.05) is 43.2 Å². The summed E-state index contributed by atoms with van der Waals surface area (Å²) in [7, 11) is 0. The van der Waals surface area contributed by atoms with Gasteiger partial charge in [0.1, 0.15) is 11.9 Å². The summed E-state index contributed by atoms with van der Waals surface area (Å²) in [6.45, 7) is 6.41. The molecule has 2 aromatic carbocycles. The highest BCUT2D eigenvalue weighted by Gasteiger charge is 2.33. The van der Waals surface area contributed by atoms with E-state index in [1.807, 2.05) is 29.2 Å². The third kappa shape index (κ3) is 3.99. The minimum absolute atomic E-state index is 0.0860. The summed E-state index contributed by atoms with van der Waals surface area (Å²) in [4.78, 5) is 34.6. The Hall–Kier alpha value is -3.26. The molecule has 3 aromatic rings. The molecular weight excluding hydrogens is 434 g/mol. The number of nitrogens with one attached hydrogen (secondary N) is 1. The van der Waals surface area contributed by atoms with Crippen LogP contribution in [-0.2, 0) is 4.79 Å². The van der Waals surface area contributed by atoms with Gasteiger partial charge in [-0.15, -0.1) is 0 Å². The second-order valence-electron chi connectivity index (χ2n) is 8.89. The first-order valence-electron chi connectivity index (χ1n) is 11.4. The van der Waals surface area contributed by atoms with Crippen LogP contribution < -0.4 is 10.2 Å². The van der Waals surface area contributed by atoms with Crippen molar-refractivity contribution in [2.75, 3.05) is 29.9 Å². The van der Waals surface area contributed by atoms with Crippen LogP contribution in [0.25, 0.3) is 10.9 Å². The van der Waals surface area contributed by atoms with Gasteiger partial charge >= 0.3 is 0 Å². The number of nitrogens with zero attached hydrogens (tertiary/aromatic N) is 4. The van der Waals surface area contributed by atoms with Gasteiger partial charge in [-0.3, -0.25) is 9.59 Å². The maximum Gasteiger partial charge on any atom is 0.257 e. The molecule has 2 aliphatic rings. The number of amides is 1. The lowest BCUT2D eigenvalue weighted by atomic mass is 10.1. The van der Waals surface area contributed by atoms with Crippen LogP contribution in [-0.4, -0.2) is 58.0 Å². The number of anilines is 2. The molecule has 1 saturated heterocycles. The SMILES string of the molecule is Cc1cccc(N2CCN(C(=O)CC[C@H]3Nc4c5ccccc5nc(=S)n4C3=O)C[C@H]2C)c1. The third-order valence-electron chi connectivity index (χ3n) is 6.58. The van der Waals surface area contributed by atoms with Crippen molar-refractivity contribution in [3.8, 4) is 0 Å². The number of fused-ring (bicyclic) bond motifs is 3. The quantitative estimate of drug-likeness (QED) is 0.592. The molecule has 33 heavy (non-hydrogen) atoms. The standard InChI is InChI=1S/C25H27N5O2S/c1-16-6-5-7-18(14-16)29-13-12-28(15-17(29)2)22(31)11-10-21-24(32)30-23(26-21)19-8-3-4-9-20(19)27-25(30)33/h3-9,14,17,21,26H,10-13,15H2,1-2H3/t17-,21-/m1/s1.